The van der Waals surface area contributed by atoms with Crippen LogP contribution >= 0.6 is 0 Å². The Kier molecular flexibility index (Phi) is 7.62. The topological polar surface area (TPSA) is 118 Å². The summed E-state index contributed by atoms with van der Waals surface area (Å²) in [6.45, 7) is 12.8. The van der Waals surface area contributed by atoms with Gasteiger partial charge >= 0.3 is 12.1 Å². The van der Waals surface area contributed by atoms with E-state index in [4.69, 9.17) is 19.6 Å². The second-order valence-corrected chi connectivity index (χ2v) is 13.4. The summed E-state index contributed by atoms with van der Waals surface area (Å²) in [6.07, 6.45) is -0.943. The van der Waals surface area contributed by atoms with Gasteiger partial charge in [-0.05, 0) is 36.3 Å². The standard InChI is InChI=1S/C20H32N4O5Si/c1-20(2,3)30(5,6)28-12-11-27-10-9-22-17(25)14-7-8-16-15(13-14)23-19(24(16)4)29-18(21)26/h7-8,13H,9-12H2,1-6H3,(H2,21,26)(H,22,25). The maximum Gasteiger partial charge on any atom is 0.412 e. The van der Waals surface area contributed by atoms with Crippen molar-refractivity contribution in [2.24, 2.45) is 12.8 Å². The Morgan fingerprint density at radius 1 is 1.20 bits per heavy atom. The first-order valence-corrected chi connectivity index (χ1v) is 12.8. The van der Waals surface area contributed by atoms with E-state index in [0.29, 0.717) is 43.0 Å². The molecule has 3 N–H and O–H groups in total. The zero-order valence-corrected chi connectivity index (χ0v) is 19.6. The van der Waals surface area contributed by atoms with Crippen molar-refractivity contribution >= 4 is 31.4 Å². The highest BCUT2D eigenvalue weighted by molar-refractivity contribution is 6.74. The maximum absolute atomic E-state index is 12.4. The van der Waals surface area contributed by atoms with Crippen LogP contribution in [0.25, 0.3) is 11.0 Å². The van der Waals surface area contributed by atoms with Gasteiger partial charge < -0.3 is 25.0 Å². The summed E-state index contributed by atoms with van der Waals surface area (Å²) in [5, 5.41) is 2.98. The molecular weight excluding hydrogens is 404 g/mol. The number of carbonyl (C=O) groups excluding carboxylic acids is 2. The van der Waals surface area contributed by atoms with Gasteiger partial charge in [-0.15, -0.1) is 0 Å². The second kappa shape index (κ2) is 9.58. The van der Waals surface area contributed by atoms with Crippen molar-refractivity contribution in [3.63, 3.8) is 0 Å². The molecule has 9 nitrogen and oxygen atoms in total. The number of aryl methyl sites for hydroxylation is 1. The van der Waals surface area contributed by atoms with Gasteiger partial charge in [0, 0.05) is 19.2 Å². The zero-order chi connectivity index (χ0) is 22.5. The molecule has 1 aromatic heterocycles. The summed E-state index contributed by atoms with van der Waals surface area (Å²) < 4.78 is 18.0. The fourth-order valence-corrected chi connectivity index (χ4v) is 3.54. The number of benzene rings is 1. The molecule has 0 saturated carbocycles. The lowest BCUT2D eigenvalue weighted by atomic mass is 10.2. The molecule has 0 bridgehead atoms. The summed E-state index contributed by atoms with van der Waals surface area (Å²) in [7, 11) is -0.0675. The third-order valence-corrected chi connectivity index (χ3v) is 9.86. The Bertz CT molecular complexity index is 904. The van der Waals surface area contributed by atoms with Crippen molar-refractivity contribution in [1.82, 2.24) is 14.9 Å². The first-order valence-electron chi connectivity index (χ1n) is 9.86. The SMILES string of the molecule is Cn1c(OC(N)=O)nc2cc(C(=O)NCCOCCO[Si](C)(C)C(C)(C)C)ccc21. The first-order chi connectivity index (χ1) is 13.9. The van der Waals surface area contributed by atoms with Crippen molar-refractivity contribution in [3.8, 4) is 6.01 Å². The highest BCUT2D eigenvalue weighted by Crippen LogP contribution is 2.36. The van der Waals surface area contributed by atoms with Gasteiger partial charge in [-0.25, -0.2) is 4.79 Å². The number of nitrogens with two attached hydrogens (primary N) is 1. The molecule has 0 saturated heterocycles. The van der Waals surface area contributed by atoms with Gasteiger partial charge in [-0.3, -0.25) is 9.36 Å². The molecule has 1 heterocycles. The Hall–Kier alpha value is -2.43. The molecule has 0 radical (unpaired) electrons. The lowest BCUT2D eigenvalue weighted by Crippen LogP contribution is -2.41. The van der Waals surface area contributed by atoms with Crippen LogP contribution in [0.15, 0.2) is 18.2 Å². The molecular formula is C20H32N4O5Si. The van der Waals surface area contributed by atoms with Crippen LogP contribution in [-0.2, 0) is 16.2 Å². The van der Waals surface area contributed by atoms with Gasteiger partial charge in [0.2, 0.25) is 0 Å². The maximum atomic E-state index is 12.4. The Labute approximate surface area is 178 Å². The van der Waals surface area contributed by atoms with Gasteiger partial charge in [-0.2, -0.15) is 4.98 Å². The number of rotatable bonds is 9. The predicted octanol–water partition coefficient (Wildman–Crippen LogP) is 2.80. The monoisotopic (exact) mass is 436 g/mol. The van der Waals surface area contributed by atoms with E-state index in [1.807, 2.05) is 0 Å². The number of amides is 2. The molecule has 0 atom stereocenters. The fraction of sp³-hybridized carbons (Fsp3) is 0.550. The molecule has 0 unspecified atom stereocenters. The van der Waals surface area contributed by atoms with Gasteiger partial charge in [0.25, 0.3) is 5.91 Å². The van der Waals surface area contributed by atoms with E-state index in [2.05, 4.69) is 44.2 Å². The fourth-order valence-electron chi connectivity index (χ4n) is 2.51. The van der Waals surface area contributed by atoms with E-state index >= 15 is 0 Å². The van der Waals surface area contributed by atoms with Crippen LogP contribution in [0.5, 0.6) is 6.01 Å². The molecule has 0 aliphatic carbocycles. The van der Waals surface area contributed by atoms with Gasteiger partial charge in [0.1, 0.15) is 0 Å². The van der Waals surface area contributed by atoms with Crippen LogP contribution in [0, 0.1) is 0 Å². The Morgan fingerprint density at radius 2 is 1.90 bits per heavy atom. The minimum Gasteiger partial charge on any atom is -0.414 e. The number of aromatic nitrogens is 2. The largest absolute Gasteiger partial charge is 0.414 e. The van der Waals surface area contributed by atoms with Crippen molar-refractivity contribution < 1.29 is 23.5 Å². The third-order valence-electron chi connectivity index (χ3n) is 5.32. The van der Waals surface area contributed by atoms with Crippen LogP contribution in [0.3, 0.4) is 0 Å². The van der Waals surface area contributed by atoms with Crippen LogP contribution < -0.4 is 15.8 Å². The molecule has 0 aliphatic rings. The van der Waals surface area contributed by atoms with Crippen LogP contribution in [0.2, 0.25) is 18.1 Å². The zero-order valence-electron chi connectivity index (χ0n) is 18.6. The quantitative estimate of drug-likeness (QED) is 0.461. The summed E-state index contributed by atoms with van der Waals surface area (Å²) in [4.78, 5) is 27.5. The van der Waals surface area contributed by atoms with Gasteiger partial charge in [0.15, 0.2) is 8.32 Å². The number of primary amides is 1. The molecule has 0 fully saturated rings. The van der Waals surface area contributed by atoms with Crippen LogP contribution in [-0.4, -0.2) is 56.2 Å². The van der Waals surface area contributed by atoms with Crippen molar-refractivity contribution in [2.75, 3.05) is 26.4 Å². The number of nitrogens with one attached hydrogen (secondary N) is 1. The van der Waals surface area contributed by atoms with Gasteiger partial charge in [-0.1, -0.05) is 20.8 Å². The average Bonchev–Trinajstić information content (AvgIpc) is 2.94. The number of imidazole rings is 1. The van der Waals surface area contributed by atoms with E-state index in [9.17, 15) is 9.59 Å². The summed E-state index contributed by atoms with van der Waals surface area (Å²) >= 11 is 0. The van der Waals surface area contributed by atoms with E-state index in [-0.39, 0.29) is 17.0 Å². The smallest absolute Gasteiger partial charge is 0.412 e. The van der Waals surface area contributed by atoms with Gasteiger partial charge in [0.05, 0.1) is 30.9 Å². The van der Waals surface area contributed by atoms with E-state index < -0.39 is 14.4 Å². The number of fused-ring (bicyclic) bond motifs is 1. The normalized spacial score (nSPS) is 12.2. The van der Waals surface area contributed by atoms with Crippen LogP contribution in [0.1, 0.15) is 31.1 Å². The lowest BCUT2D eigenvalue weighted by Gasteiger charge is -2.36. The molecule has 0 aliphatic heterocycles. The number of carbonyl (C=O) groups is 2. The second-order valence-electron chi connectivity index (χ2n) is 8.56. The van der Waals surface area contributed by atoms with E-state index in [1.165, 1.54) is 0 Å². The Balaban J connectivity index is 1.79. The first kappa shape index (κ1) is 23.8. The molecule has 2 amide bonds. The molecule has 0 spiro atoms. The third kappa shape index (κ3) is 6.03. The number of hydrogen-bond donors (Lipinski definition) is 2. The number of nitrogens with zero attached hydrogens (tertiary/aromatic N) is 2. The molecule has 166 valence electrons. The highest BCUT2D eigenvalue weighted by atomic mass is 28.4. The lowest BCUT2D eigenvalue weighted by molar-refractivity contribution is 0.0851. The molecule has 2 aromatic rings. The average molecular weight is 437 g/mol. The Morgan fingerprint density at radius 3 is 2.53 bits per heavy atom. The minimum absolute atomic E-state index is 0.0726. The van der Waals surface area contributed by atoms with Crippen molar-refractivity contribution in [3.05, 3.63) is 23.8 Å². The summed E-state index contributed by atoms with van der Waals surface area (Å²) in [5.41, 5.74) is 6.73. The van der Waals surface area contributed by atoms with E-state index in [1.54, 1.807) is 29.8 Å². The molecule has 10 heteroatoms. The van der Waals surface area contributed by atoms with Crippen molar-refractivity contribution in [2.45, 2.75) is 38.9 Å². The molecule has 1 aromatic carbocycles. The number of hydrogen-bond acceptors (Lipinski definition) is 6. The van der Waals surface area contributed by atoms with E-state index in [0.717, 1.165) is 0 Å². The summed E-state index contributed by atoms with van der Waals surface area (Å²) in [6, 6.07) is 5.12. The van der Waals surface area contributed by atoms with Crippen molar-refractivity contribution in [1.29, 1.82) is 0 Å². The molecule has 30 heavy (non-hydrogen) atoms. The highest BCUT2D eigenvalue weighted by Gasteiger charge is 2.36. The summed E-state index contributed by atoms with van der Waals surface area (Å²) in [5.74, 6) is -0.235. The minimum atomic E-state index is -1.76. The number of ether oxygens (including phenoxy) is 2. The molecule has 2 rings (SSSR count). The van der Waals surface area contributed by atoms with Crippen LogP contribution in [0.4, 0.5) is 4.79 Å². The predicted molar refractivity (Wildman–Crippen MR) is 117 cm³/mol.